The summed E-state index contributed by atoms with van der Waals surface area (Å²) in [6.45, 7) is 3.77. The number of amides is 1. The van der Waals surface area contributed by atoms with Crippen molar-refractivity contribution in [3.8, 4) is 0 Å². The van der Waals surface area contributed by atoms with E-state index >= 15 is 0 Å². The van der Waals surface area contributed by atoms with E-state index in [-0.39, 0.29) is 11.3 Å². The van der Waals surface area contributed by atoms with E-state index in [1.54, 1.807) is 0 Å². The van der Waals surface area contributed by atoms with Crippen LogP contribution in [0, 0.1) is 5.41 Å². The average Bonchev–Trinajstić information content (AvgIpc) is 3.26. The molecule has 1 spiro atoms. The van der Waals surface area contributed by atoms with Crippen LogP contribution in [0.5, 0.6) is 0 Å². The van der Waals surface area contributed by atoms with Gasteiger partial charge in [0, 0.05) is 44.0 Å². The molecule has 5 nitrogen and oxygen atoms in total. The number of hydrogen-bond acceptors (Lipinski definition) is 3. The molecule has 0 radical (unpaired) electrons. The van der Waals surface area contributed by atoms with Crippen LogP contribution in [0.2, 0.25) is 0 Å². The second-order valence-electron chi connectivity index (χ2n) is 6.77. The van der Waals surface area contributed by atoms with E-state index in [2.05, 4.69) is 20.9 Å². The molecule has 4 rings (SSSR count). The summed E-state index contributed by atoms with van der Waals surface area (Å²) in [5.74, 6) is 1.18. The molecule has 0 saturated carbocycles. The van der Waals surface area contributed by atoms with Crippen molar-refractivity contribution in [2.75, 3.05) is 31.1 Å². The van der Waals surface area contributed by atoms with Gasteiger partial charge >= 0.3 is 0 Å². The molecule has 2 aromatic heterocycles. The molecule has 0 bridgehead atoms. The number of rotatable bonds is 2. The fourth-order valence-electron chi connectivity index (χ4n) is 4.02. The molecule has 1 N–H and O–H groups in total. The second-order valence-corrected chi connectivity index (χ2v) is 6.77. The van der Waals surface area contributed by atoms with E-state index in [0.29, 0.717) is 5.69 Å². The van der Waals surface area contributed by atoms with Gasteiger partial charge in [0.15, 0.2) is 0 Å². The number of nitrogens with zero attached hydrogens (tertiary/aromatic N) is 3. The van der Waals surface area contributed by atoms with Crippen molar-refractivity contribution in [3.05, 3.63) is 48.4 Å². The van der Waals surface area contributed by atoms with E-state index in [0.717, 1.165) is 38.4 Å². The van der Waals surface area contributed by atoms with Crippen LogP contribution < -0.4 is 4.90 Å². The number of pyridine rings is 1. The van der Waals surface area contributed by atoms with Crippen LogP contribution in [0.4, 0.5) is 5.82 Å². The van der Waals surface area contributed by atoms with Gasteiger partial charge in [-0.25, -0.2) is 4.98 Å². The fourth-order valence-corrected chi connectivity index (χ4v) is 4.02. The minimum Gasteiger partial charge on any atom is -0.357 e. The number of piperidine rings is 1. The first-order valence-corrected chi connectivity index (χ1v) is 8.34. The van der Waals surface area contributed by atoms with Gasteiger partial charge in [-0.2, -0.15) is 0 Å². The van der Waals surface area contributed by atoms with Gasteiger partial charge in [-0.05, 0) is 43.5 Å². The smallest absolute Gasteiger partial charge is 0.270 e. The molecular formula is C18H22N4O. The van der Waals surface area contributed by atoms with Crippen LogP contribution in [0.3, 0.4) is 0 Å². The molecule has 2 aliphatic rings. The Balaban J connectivity index is 1.48. The Hall–Kier alpha value is -2.30. The number of aromatic amines is 1. The highest BCUT2D eigenvalue weighted by atomic mass is 16.2. The lowest BCUT2D eigenvalue weighted by Crippen LogP contribution is -2.45. The molecule has 4 heterocycles. The lowest BCUT2D eigenvalue weighted by atomic mass is 9.79. The van der Waals surface area contributed by atoms with E-state index in [1.807, 2.05) is 41.6 Å². The number of hydrogen-bond donors (Lipinski definition) is 1. The highest BCUT2D eigenvalue weighted by Crippen LogP contribution is 2.40. The Morgan fingerprint density at radius 3 is 2.87 bits per heavy atom. The predicted octanol–water partition coefficient (Wildman–Crippen LogP) is 2.54. The SMILES string of the molecule is O=C(c1ccc[nH]1)N1CC[C@]2(CCCN(c3ccccn3)C2)C1. The fraction of sp³-hybridized carbons (Fsp3) is 0.444. The van der Waals surface area contributed by atoms with Crippen molar-refractivity contribution < 1.29 is 4.79 Å². The summed E-state index contributed by atoms with van der Waals surface area (Å²) < 4.78 is 0. The number of carbonyl (C=O) groups excluding carboxylic acids is 1. The number of nitrogens with one attached hydrogen (secondary N) is 1. The topological polar surface area (TPSA) is 52.2 Å². The van der Waals surface area contributed by atoms with Gasteiger partial charge in [0.05, 0.1) is 0 Å². The van der Waals surface area contributed by atoms with Crippen molar-refractivity contribution in [3.63, 3.8) is 0 Å². The Bertz CT molecular complexity index is 670. The van der Waals surface area contributed by atoms with Gasteiger partial charge in [-0.15, -0.1) is 0 Å². The molecule has 2 fully saturated rings. The molecule has 0 unspecified atom stereocenters. The number of aromatic nitrogens is 2. The van der Waals surface area contributed by atoms with Crippen molar-refractivity contribution in [1.29, 1.82) is 0 Å². The zero-order chi connectivity index (χ0) is 15.7. The molecule has 1 amide bonds. The van der Waals surface area contributed by atoms with Gasteiger partial charge in [0.1, 0.15) is 11.5 Å². The van der Waals surface area contributed by atoms with Crippen molar-refractivity contribution >= 4 is 11.7 Å². The van der Waals surface area contributed by atoms with Gasteiger partial charge in [0.2, 0.25) is 0 Å². The number of likely N-dealkylation sites (tertiary alicyclic amines) is 1. The Labute approximate surface area is 136 Å². The van der Waals surface area contributed by atoms with Gasteiger partial charge in [-0.1, -0.05) is 6.07 Å². The van der Waals surface area contributed by atoms with Crippen LogP contribution >= 0.6 is 0 Å². The van der Waals surface area contributed by atoms with Crippen LogP contribution in [0.1, 0.15) is 29.8 Å². The maximum absolute atomic E-state index is 12.6. The molecule has 1 atom stereocenters. The molecule has 2 aromatic rings. The van der Waals surface area contributed by atoms with E-state index in [9.17, 15) is 4.79 Å². The third-order valence-corrected chi connectivity index (χ3v) is 5.19. The monoisotopic (exact) mass is 310 g/mol. The highest BCUT2D eigenvalue weighted by molar-refractivity contribution is 5.92. The summed E-state index contributed by atoms with van der Waals surface area (Å²) in [7, 11) is 0. The zero-order valence-corrected chi connectivity index (χ0v) is 13.2. The molecule has 0 aromatic carbocycles. The van der Waals surface area contributed by atoms with Crippen molar-refractivity contribution in [1.82, 2.24) is 14.9 Å². The average molecular weight is 310 g/mol. The standard InChI is InChI=1S/C18H22N4O/c23-17(15-5-3-10-19-15)22-12-8-18(14-22)7-4-11-21(13-18)16-6-1-2-9-20-16/h1-3,5-6,9-10,19H,4,7-8,11-14H2/t18-/m0/s1. The maximum Gasteiger partial charge on any atom is 0.270 e. The molecule has 0 aliphatic carbocycles. The van der Waals surface area contributed by atoms with Crippen LogP contribution in [-0.4, -0.2) is 47.0 Å². The Morgan fingerprint density at radius 2 is 2.09 bits per heavy atom. The minimum absolute atomic E-state index is 0.127. The summed E-state index contributed by atoms with van der Waals surface area (Å²) in [5.41, 5.74) is 0.914. The summed E-state index contributed by atoms with van der Waals surface area (Å²) in [5, 5.41) is 0. The highest BCUT2D eigenvalue weighted by Gasteiger charge is 2.43. The Morgan fingerprint density at radius 1 is 1.13 bits per heavy atom. The molecule has 2 aliphatic heterocycles. The van der Waals surface area contributed by atoms with Crippen LogP contribution in [-0.2, 0) is 0 Å². The second kappa shape index (κ2) is 5.72. The van der Waals surface area contributed by atoms with Crippen LogP contribution in [0.25, 0.3) is 0 Å². The van der Waals surface area contributed by atoms with Gasteiger partial charge in [-0.3, -0.25) is 4.79 Å². The number of anilines is 1. The summed E-state index contributed by atoms with van der Waals surface area (Å²) in [6, 6.07) is 9.81. The Kier molecular flexibility index (Phi) is 3.56. The zero-order valence-electron chi connectivity index (χ0n) is 13.2. The third kappa shape index (κ3) is 2.71. The van der Waals surface area contributed by atoms with Crippen LogP contribution in [0.15, 0.2) is 42.7 Å². The molecular weight excluding hydrogens is 288 g/mol. The van der Waals surface area contributed by atoms with E-state index < -0.39 is 0 Å². The van der Waals surface area contributed by atoms with Crippen molar-refractivity contribution in [2.45, 2.75) is 19.3 Å². The molecule has 120 valence electrons. The minimum atomic E-state index is 0.127. The molecule has 23 heavy (non-hydrogen) atoms. The summed E-state index contributed by atoms with van der Waals surface area (Å²) in [6.07, 6.45) is 7.11. The van der Waals surface area contributed by atoms with Crippen molar-refractivity contribution in [2.24, 2.45) is 5.41 Å². The first-order valence-electron chi connectivity index (χ1n) is 8.34. The first-order chi connectivity index (χ1) is 11.3. The lowest BCUT2D eigenvalue weighted by Gasteiger charge is -2.41. The summed E-state index contributed by atoms with van der Waals surface area (Å²) in [4.78, 5) is 24.5. The third-order valence-electron chi connectivity index (χ3n) is 5.19. The van der Waals surface area contributed by atoms with Gasteiger partial charge in [0.25, 0.3) is 5.91 Å². The molecule has 2 saturated heterocycles. The first kappa shape index (κ1) is 14.3. The molecule has 5 heteroatoms. The quantitative estimate of drug-likeness (QED) is 0.927. The van der Waals surface area contributed by atoms with E-state index in [1.165, 1.54) is 12.8 Å². The van der Waals surface area contributed by atoms with E-state index in [4.69, 9.17) is 0 Å². The normalized spacial score (nSPS) is 24.3. The lowest BCUT2D eigenvalue weighted by molar-refractivity contribution is 0.0762. The number of H-pyrrole nitrogens is 1. The number of carbonyl (C=O) groups is 1. The van der Waals surface area contributed by atoms with Gasteiger partial charge < -0.3 is 14.8 Å². The summed E-state index contributed by atoms with van der Waals surface area (Å²) >= 11 is 0. The predicted molar refractivity (Wildman–Crippen MR) is 89.4 cm³/mol. The maximum atomic E-state index is 12.6. The largest absolute Gasteiger partial charge is 0.357 e.